The average Bonchev–Trinajstić information content (AvgIpc) is 2.66. The number of unbranched alkanes of at least 4 members (excludes halogenated alkanes) is 5. The van der Waals surface area contributed by atoms with Gasteiger partial charge in [-0.25, -0.2) is 4.79 Å². The highest BCUT2D eigenvalue weighted by Crippen LogP contribution is 2.25. The number of hydrogen-bond acceptors (Lipinski definition) is 6. The smallest absolute Gasteiger partial charge is 0.335 e. The summed E-state index contributed by atoms with van der Waals surface area (Å²) in [7, 11) is 0. The van der Waals surface area contributed by atoms with Crippen molar-refractivity contribution in [1.29, 1.82) is 0 Å². The second-order valence-corrected chi connectivity index (χ2v) is 7.01. The Hall–Kier alpha value is -1.67. The van der Waals surface area contributed by atoms with E-state index >= 15 is 0 Å². The minimum absolute atomic E-state index is 0.387. The zero-order valence-electron chi connectivity index (χ0n) is 15.7. The summed E-state index contributed by atoms with van der Waals surface area (Å²) in [6.07, 6.45) is 0.369. The molecule has 27 heavy (non-hydrogen) atoms. The second-order valence-electron chi connectivity index (χ2n) is 7.01. The molecule has 0 aliphatic carbocycles. The molecule has 1 aromatic carbocycles. The number of benzene rings is 1. The minimum atomic E-state index is -1.72. The topological polar surface area (TPSA) is 116 Å². The second kappa shape index (κ2) is 10.6. The first-order valence-electron chi connectivity index (χ1n) is 9.62. The van der Waals surface area contributed by atoms with E-state index in [9.17, 15) is 20.1 Å². The summed E-state index contributed by atoms with van der Waals surface area (Å²) in [5.41, 5.74) is 1.17. The number of hydrogen-bond donors (Lipinski definition) is 4. The van der Waals surface area contributed by atoms with Crippen LogP contribution < -0.4 is 4.74 Å². The van der Waals surface area contributed by atoms with Gasteiger partial charge < -0.3 is 29.9 Å². The van der Waals surface area contributed by atoms with Crippen molar-refractivity contribution in [3.05, 3.63) is 29.8 Å². The van der Waals surface area contributed by atoms with E-state index < -0.39 is 36.7 Å². The van der Waals surface area contributed by atoms with E-state index in [4.69, 9.17) is 14.6 Å². The summed E-state index contributed by atoms with van der Waals surface area (Å²) in [4.78, 5) is 11.1. The van der Waals surface area contributed by atoms with Gasteiger partial charge in [0.2, 0.25) is 6.29 Å². The average molecular weight is 382 g/mol. The van der Waals surface area contributed by atoms with Crippen molar-refractivity contribution in [3.63, 3.8) is 0 Å². The molecule has 5 atom stereocenters. The highest BCUT2D eigenvalue weighted by molar-refractivity contribution is 5.73. The van der Waals surface area contributed by atoms with Gasteiger partial charge in [0.05, 0.1) is 0 Å². The SMILES string of the molecule is CCCCCCCCc1ccc(OC2O[C@H](C(=O)O)[C@@H](O)[C@H](O)[C@H]2O)cc1. The molecule has 4 N–H and O–H groups in total. The third-order valence-corrected chi connectivity index (χ3v) is 4.81. The lowest BCUT2D eigenvalue weighted by atomic mass is 9.99. The fourth-order valence-electron chi connectivity index (χ4n) is 3.13. The number of carboxylic acids is 1. The van der Waals surface area contributed by atoms with Crippen LogP contribution in [-0.4, -0.2) is 57.1 Å². The summed E-state index contributed by atoms with van der Waals surface area (Å²) in [6, 6.07) is 7.26. The first kappa shape index (κ1) is 21.6. The maximum atomic E-state index is 11.1. The number of carboxylic acid groups (broad SMARTS) is 1. The van der Waals surface area contributed by atoms with Crippen molar-refractivity contribution in [2.45, 2.75) is 82.6 Å². The first-order chi connectivity index (χ1) is 12.9. The van der Waals surface area contributed by atoms with Crippen molar-refractivity contribution in [1.82, 2.24) is 0 Å². The van der Waals surface area contributed by atoms with E-state index in [1.54, 1.807) is 12.1 Å². The Kier molecular flexibility index (Phi) is 8.50. The number of aliphatic carboxylic acids is 1. The van der Waals surface area contributed by atoms with Crippen LogP contribution in [0.1, 0.15) is 51.0 Å². The monoisotopic (exact) mass is 382 g/mol. The van der Waals surface area contributed by atoms with Gasteiger partial charge in [-0.2, -0.15) is 0 Å². The molecule has 0 aromatic heterocycles. The maximum Gasteiger partial charge on any atom is 0.335 e. The first-order valence-corrected chi connectivity index (χ1v) is 9.62. The number of aryl methyl sites for hydroxylation is 1. The van der Waals surface area contributed by atoms with E-state index in [2.05, 4.69) is 6.92 Å². The Bertz CT molecular complexity index is 574. The third-order valence-electron chi connectivity index (χ3n) is 4.81. The van der Waals surface area contributed by atoms with Crippen LogP contribution in [0.5, 0.6) is 5.75 Å². The van der Waals surface area contributed by atoms with E-state index in [1.165, 1.54) is 37.7 Å². The standard InChI is InChI=1S/C20H30O7/c1-2-3-4-5-6-7-8-13-9-11-14(12-10-13)26-20-17(23)15(21)16(22)18(27-20)19(24)25/h9-12,15-18,20-23H,2-8H2,1H3,(H,24,25)/t15-,16-,17+,18-,20?/m0/s1. The molecule has 0 amide bonds. The predicted octanol–water partition coefficient (Wildman–Crippen LogP) is 1.86. The zero-order chi connectivity index (χ0) is 19.8. The molecule has 1 aromatic rings. The largest absolute Gasteiger partial charge is 0.479 e. The van der Waals surface area contributed by atoms with Crippen molar-refractivity contribution in [3.8, 4) is 5.75 Å². The van der Waals surface area contributed by atoms with Gasteiger partial charge in [0.25, 0.3) is 0 Å². The van der Waals surface area contributed by atoms with Gasteiger partial charge in [0.1, 0.15) is 24.1 Å². The van der Waals surface area contributed by atoms with Crippen LogP contribution in [0.3, 0.4) is 0 Å². The van der Waals surface area contributed by atoms with Gasteiger partial charge in [0.15, 0.2) is 6.10 Å². The number of aliphatic hydroxyl groups is 3. The van der Waals surface area contributed by atoms with Crippen molar-refractivity contribution in [2.75, 3.05) is 0 Å². The van der Waals surface area contributed by atoms with Crippen LogP contribution in [0.2, 0.25) is 0 Å². The molecule has 2 rings (SSSR count). The van der Waals surface area contributed by atoms with E-state index in [-0.39, 0.29) is 0 Å². The molecular weight excluding hydrogens is 352 g/mol. The Morgan fingerprint density at radius 1 is 0.963 bits per heavy atom. The molecule has 0 saturated carbocycles. The fourth-order valence-corrected chi connectivity index (χ4v) is 3.13. The molecule has 0 bridgehead atoms. The Balaban J connectivity index is 1.85. The van der Waals surface area contributed by atoms with Gasteiger partial charge in [-0.15, -0.1) is 0 Å². The molecule has 0 spiro atoms. The van der Waals surface area contributed by atoms with Gasteiger partial charge >= 0.3 is 5.97 Å². The molecular formula is C20H30O7. The maximum absolute atomic E-state index is 11.1. The fraction of sp³-hybridized carbons (Fsp3) is 0.650. The summed E-state index contributed by atoms with van der Waals surface area (Å²) >= 11 is 0. The molecule has 0 radical (unpaired) electrons. The van der Waals surface area contributed by atoms with Crippen LogP contribution in [0.15, 0.2) is 24.3 Å². The van der Waals surface area contributed by atoms with Crippen molar-refractivity contribution >= 4 is 5.97 Å². The summed E-state index contributed by atoms with van der Waals surface area (Å²) in [5.74, 6) is -1.05. The van der Waals surface area contributed by atoms with Crippen LogP contribution in [0, 0.1) is 0 Å². The van der Waals surface area contributed by atoms with Crippen LogP contribution >= 0.6 is 0 Å². The molecule has 1 heterocycles. The molecule has 1 aliphatic heterocycles. The normalized spacial score (nSPS) is 28.1. The van der Waals surface area contributed by atoms with E-state index in [0.29, 0.717) is 5.75 Å². The molecule has 7 nitrogen and oxygen atoms in total. The van der Waals surface area contributed by atoms with Gasteiger partial charge in [0, 0.05) is 0 Å². The lowest BCUT2D eigenvalue weighted by Crippen LogP contribution is -2.61. The summed E-state index contributed by atoms with van der Waals surface area (Å²) in [6.45, 7) is 2.20. The summed E-state index contributed by atoms with van der Waals surface area (Å²) in [5, 5.41) is 38.5. The molecule has 1 fully saturated rings. The molecule has 7 heteroatoms. The van der Waals surface area contributed by atoms with E-state index in [0.717, 1.165) is 12.8 Å². The number of aliphatic hydroxyl groups excluding tert-OH is 3. The summed E-state index contributed by atoms with van der Waals surface area (Å²) < 4.78 is 10.6. The minimum Gasteiger partial charge on any atom is -0.479 e. The lowest BCUT2D eigenvalue weighted by Gasteiger charge is -2.38. The Labute approximate surface area is 159 Å². The molecule has 1 aliphatic rings. The predicted molar refractivity (Wildman–Crippen MR) is 98.5 cm³/mol. The third kappa shape index (κ3) is 6.17. The lowest BCUT2D eigenvalue weighted by molar-refractivity contribution is -0.271. The number of ether oxygens (including phenoxy) is 2. The van der Waals surface area contributed by atoms with E-state index in [1.807, 2.05) is 12.1 Å². The number of carbonyl (C=O) groups is 1. The molecule has 1 saturated heterocycles. The Morgan fingerprint density at radius 2 is 1.59 bits per heavy atom. The zero-order valence-corrected chi connectivity index (χ0v) is 15.7. The van der Waals surface area contributed by atoms with Gasteiger partial charge in [-0.3, -0.25) is 0 Å². The van der Waals surface area contributed by atoms with Crippen molar-refractivity contribution in [2.24, 2.45) is 0 Å². The quantitative estimate of drug-likeness (QED) is 0.456. The molecule has 152 valence electrons. The van der Waals surface area contributed by atoms with Crippen LogP contribution in [0.25, 0.3) is 0 Å². The number of rotatable bonds is 10. The van der Waals surface area contributed by atoms with Gasteiger partial charge in [-0.1, -0.05) is 51.2 Å². The van der Waals surface area contributed by atoms with Crippen LogP contribution in [0.4, 0.5) is 0 Å². The highest BCUT2D eigenvalue weighted by Gasteiger charge is 2.48. The van der Waals surface area contributed by atoms with Crippen molar-refractivity contribution < 1.29 is 34.7 Å². The highest BCUT2D eigenvalue weighted by atomic mass is 16.7. The Morgan fingerprint density at radius 3 is 2.22 bits per heavy atom. The van der Waals surface area contributed by atoms with Crippen LogP contribution in [-0.2, 0) is 16.0 Å². The molecule has 1 unspecified atom stereocenters. The van der Waals surface area contributed by atoms with Gasteiger partial charge in [-0.05, 0) is 30.5 Å².